The number of nitro groups is 1. The first-order valence-corrected chi connectivity index (χ1v) is 7.49. The molecular formula is C13H18N2O5S. The summed E-state index contributed by atoms with van der Waals surface area (Å²) in [6, 6.07) is 4.38. The Bertz CT molecular complexity index is 509. The van der Waals surface area contributed by atoms with Gasteiger partial charge in [0.25, 0.3) is 11.6 Å². The van der Waals surface area contributed by atoms with Crippen LogP contribution in [0, 0.1) is 10.1 Å². The molecule has 1 N–H and O–H groups in total. The highest BCUT2D eigenvalue weighted by Gasteiger charge is 2.20. The number of thioether (sulfide) groups is 1. The fourth-order valence-electron chi connectivity index (χ4n) is 1.79. The van der Waals surface area contributed by atoms with Crippen LogP contribution in [0.2, 0.25) is 0 Å². The molecule has 116 valence electrons. The van der Waals surface area contributed by atoms with Crippen LogP contribution in [0.5, 0.6) is 0 Å². The van der Waals surface area contributed by atoms with Gasteiger partial charge in [-0.05, 0) is 18.4 Å². The Balaban J connectivity index is 3.04. The maximum Gasteiger partial charge on any atom is 0.283 e. The van der Waals surface area contributed by atoms with E-state index in [-0.39, 0.29) is 30.3 Å². The third kappa shape index (κ3) is 4.69. The summed E-state index contributed by atoms with van der Waals surface area (Å²) < 4.78 is 4.92. The minimum atomic E-state index is -0.506. The second-order valence-electron chi connectivity index (χ2n) is 4.15. The first kappa shape index (κ1) is 17.4. The van der Waals surface area contributed by atoms with Gasteiger partial charge in [-0.25, -0.2) is 0 Å². The number of ether oxygens (including phenoxy) is 1. The number of nitrogens with zero attached hydrogens (tertiary/aromatic N) is 2. The number of nitro benzene ring substituents is 1. The zero-order chi connectivity index (χ0) is 15.8. The number of rotatable bonds is 8. The van der Waals surface area contributed by atoms with Crippen molar-refractivity contribution in [2.24, 2.45) is 0 Å². The van der Waals surface area contributed by atoms with Crippen LogP contribution >= 0.6 is 11.8 Å². The molecule has 0 aliphatic heterocycles. The third-order valence-corrected chi connectivity index (χ3v) is 3.63. The van der Waals surface area contributed by atoms with Gasteiger partial charge in [0, 0.05) is 31.8 Å². The molecule has 8 heteroatoms. The van der Waals surface area contributed by atoms with Crippen LogP contribution in [0.15, 0.2) is 23.1 Å². The van der Waals surface area contributed by atoms with Crippen molar-refractivity contribution < 1.29 is 19.6 Å². The summed E-state index contributed by atoms with van der Waals surface area (Å²) in [4.78, 5) is 24.8. The molecule has 0 aliphatic carbocycles. The maximum absolute atomic E-state index is 12.3. The molecule has 0 heterocycles. The lowest BCUT2D eigenvalue weighted by Gasteiger charge is -2.21. The van der Waals surface area contributed by atoms with Gasteiger partial charge in [0.15, 0.2) is 0 Å². The molecule has 0 saturated heterocycles. The second kappa shape index (κ2) is 8.60. The van der Waals surface area contributed by atoms with Gasteiger partial charge in [0.2, 0.25) is 0 Å². The standard InChI is InChI=1S/C13H18N2O5S/c1-20-8-6-14(5-7-16)13(17)10-3-4-12(21-2)11(9-10)15(18)19/h3-4,9,16H,5-8H2,1-2H3. The van der Waals surface area contributed by atoms with Gasteiger partial charge in [0.05, 0.1) is 23.0 Å². The van der Waals surface area contributed by atoms with E-state index >= 15 is 0 Å². The predicted molar refractivity (Wildman–Crippen MR) is 79.7 cm³/mol. The number of carbonyl (C=O) groups excluding carboxylic acids is 1. The van der Waals surface area contributed by atoms with Crippen LogP contribution in [-0.2, 0) is 4.74 Å². The summed E-state index contributed by atoms with van der Waals surface area (Å²) in [5.41, 5.74) is 0.132. The predicted octanol–water partition coefficient (Wildman–Crippen LogP) is 1.40. The number of benzene rings is 1. The average Bonchev–Trinajstić information content (AvgIpc) is 2.50. The van der Waals surface area contributed by atoms with Gasteiger partial charge in [0.1, 0.15) is 0 Å². The molecule has 0 aliphatic rings. The van der Waals surface area contributed by atoms with Crippen molar-refractivity contribution in [3.63, 3.8) is 0 Å². The van der Waals surface area contributed by atoms with Gasteiger partial charge < -0.3 is 14.7 Å². The van der Waals surface area contributed by atoms with Gasteiger partial charge in [-0.2, -0.15) is 0 Å². The zero-order valence-corrected chi connectivity index (χ0v) is 12.8. The first-order valence-electron chi connectivity index (χ1n) is 6.26. The zero-order valence-electron chi connectivity index (χ0n) is 11.9. The van der Waals surface area contributed by atoms with Gasteiger partial charge in [-0.3, -0.25) is 14.9 Å². The highest BCUT2D eigenvalue weighted by atomic mass is 32.2. The highest BCUT2D eigenvalue weighted by Crippen LogP contribution is 2.28. The van der Waals surface area contributed by atoms with E-state index in [0.717, 1.165) is 0 Å². The molecule has 0 unspecified atom stereocenters. The second-order valence-corrected chi connectivity index (χ2v) is 5.00. The lowest BCUT2D eigenvalue weighted by molar-refractivity contribution is -0.387. The van der Waals surface area contributed by atoms with Crippen molar-refractivity contribution in [2.45, 2.75) is 4.90 Å². The number of hydrogen-bond acceptors (Lipinski definition) is 6. The van der Waals surface area contributed by atoms with Crippen LogP contribution in [0.3, 0.4) is 0 Å². The SMILES string of the molecule is COCCN(CCO)C(=O)c1ccc(SC)c([N+](=O)[O-])c1. The molecule has 0 spiro atoms. The minimum Gasteiger partial charge on any atom is -0.395 e. The molecule has 21 heavy (non-hydrogen) atoms. The molecule has 0 bridgehead atoms. The van der Waals surface area contributed by atoms with Crippen molar-refractivity contribution in [1.82, 2.24) is 4.90 Å². The van der Waals surface area contributed by atoms with E-state index in [1.807, 2.05) is 0 Å². The van der Waals surface area contributed by atoms with Crippen LogP contribution in [0.25, 0.3) is 0 Å². The summed E-state index contributed by atoms with van der Waals surface area (Å²) in [6.07, 6.45) is 1.74. The molecule has 1 rings (SSSR count). The van der Waals surface area contributed by atoms with Crippen molar-refractivity contribution >= 4 is 23.4 Å². The van der Waals surface area contributed by atoms with E-state index in [0.29, 0.717) is 18.0 Å². The Hall–Kier alpha value is -1.64. The summed E-state index contributed by atoms with van der Waals surface area (Å²) in [7, 11) is 1.51. The normalized spacial score (nSPS) is 10.4. The summed E-state index contributed by atoms with van der Waals surface area (Å²) >= 11 is 1.25. The van der Waals surface area contributed by atoms with Gasteiger partial charge in [-0.1, -0.05) is 0 Å². The smallest absolute Gasteiger partial charge is 0.283 e. The van der Waals surface area contributed by atoms with Crippen LogP contribution in [0.4, 0.5) is 5.69 Å². The van der Waals surface area contributed by atoms with Crippen molar-refractivity contribution in [3.8, 4) is 0 Å². The number of aliphatic hydroxyl groups excluding tert-OH is 1. The fourth-order valence-corrected chi connectivity index (χ4v) is 2.33. The number of hydrogen-bond donors (Lipinski definition) is 1. The fraction of sp³-hybridized carbons (Fsp3) is 0.462. The van der Waals surface area contributed by atoms with Gasteiger partial charge >= 0.3 is 0 Å². The summed E-state index contributed by atoms with van der Waals surface area (Å²) in [5, 5.41) is 20.0. The Morgan fingerprint density at radius 2 is 2.19 bits per heavy atom. The number of carbonyl (C=O) groups is 1. The molecule has 0 atom stereocenters. The number of aliphatic hydroxyl groups is 1. The van der Waals surface area contributed by atoms with E-state index in [1.54, 1.807) is 18.4 Å². The quantitative estimate of drug-likeness (QED) is 0.443. The lowest BCUT2D eigenvalue weighted by atomic mass is 10.1. The van der Waals surface area contributed by atoms with E-state index < -0.39 is 4.92 Å². The Labute approximate surface area is 127 Å². The van der Waals surface area contributed by atoms with E-state index in [1.165, 1.54) is 29.8 Å². The van der Waals surface area contributed by atoms with Gasteiger partial charge in [-0.15, -0.1) is 11.8 Å². The Morgan fingerprint density at radius 3 is 2.71 bits per heavy atom. The Morgan fingerprint density at radius 1 is 1.48 bits per heavy atom. The highest BCUT2D eigenvalue weighted by molar-refractivity contribution is 7.98. The van der Waals surface area contributed by atoms with E-state index in [4.69, 9.17) is 9.84 Å². The topological polar surface area (TPSA) is 92.9 Å². The molecular weight excluding hydrogens is 296 g/mol. The van der Waals surface area contributed by atoms with Crippen LogP contribution in [-0.4, -0.2) is 60.5 Å². The molecule has 0 aromatic heterocycles. The van der Waals surface area contributed by atoms with E-state index in [9.17, 15) is 14.9 Å². The van der Waals surface area contributed by atoms with Crippen molar-refractivity contribution in [2.75, 3.05) is 39.7 Å². The molecule has 1 aromatic rings. The average molecular weight is 314 g/mol. The Kier molecular flexibility index (Phi) is 7.13. The van der Waals surface area contributed by atoms with Crippen LogP contribution < -0.4 is 0 Å². The first-order chi connectivity index (χ1) is 10.0. The third-order valence-electron chi connectivity index (χ3n) is 2.84. The van der Waals surface area contributed by atoms with Crippen LogP contribution in [0.1, 0.15) is 10.4 Å². The number of amides is 1. The number of methoxy groups -OCH3 is 1. The molecule has 0 radical (unpaired) electrons. The monoisotopic (exact) mass is 314 g/mol. The summed E-state index contributed by atoms with van der Waals surface area (Å²) in [6.45, 7) is 0.616. The summed E-state index contributed by atoms with van der Waals surface area (Å²) in [5.74, 6) is -0.364. The lowest BCUT2D eigenvalue weighted by Crippen LogP contribution is -2.36. The largest absolute Gasteiger partial charge is 0.395 e. The van der Waals surface area contributed by atoms with Crippen molar-refractivity contribution in [1.29, 1.82) is 0 Å². The molecule has 1 amide bonds. The molecule has 1 aromatic carbocycles. The van der Waals surface area contributed by atoms with Crippen molar-refractivity contribution in [3.05, 3.63) is 33.9 Å². The molecule has 7 nitrogen and oxygen atoms in total. The maximum atomic E-state index is 12.3. The van der Waals surface area contributed by atoms with E-state index in [2.05, 4.69) is 0 Å². The minimum absolute atomic E-state index is 0.0935. The molecule has 0 saturated carbocycles. The molecule has 0 fully saturated rings.